The van der Waals surface area contributed by atoms with Crippen LogP contribution in [0.5, 0.6) is 5.75 Å². The second-order valence-corrected chi connectivity index (χ2v) is 13.4. The number of benzene rings is 5. The maximum absolute atomic E-state index is 14.6. The lowest BCUT2D eigenvalue weighted by atomic mass is 9.99. The fraction of sp³-hybridized carbons (Fsp3) is 0.139. The minimum Gasteiger partial charge on any atom is -0.494 e. The van der Waals surface area contributed by atoms with Gasteiger partial charge in [0.1, 0.15) is 11.9 Å². The van der Waals surface area contributed by atoms with Crippen LogP contribution in [0.4, 0.5) is 17.1 Å². The van der Waals surface area contributed by atoms with Gasteiger partial charge >= 0.3 is 0 Å². The first kappa shape index (κ1) is 31.5. The number of carbonyl (C=O) groups is 1. The first-order valence-corrected chi connectivity index (χ1v) is 16.9. The third-order valence-corrected chi connectivity index (χ3v) is 9.86. The van der Waals surface area contributed by atoms with E-state index in [0.717, 1.165) is 16.7 Å². The molecule has 5 aromatic rings. The summed E-state index contributed by atoms with van der Waals surface area (Å²) in [6, 6.07) is 34.2. The van der Waals surface area contributed by atoms with Crippen LogP contribution in [0.3, 0.4) is 0 Å². The normalized spacial score (nSPS) is 14.6. The van der Waals surface area contributed by atoms with Gasteiger partial charge in [0.05, 0.1) is 32.8 Å². The topological polar surface area (TPSA) is 78.9 Å². The van der Waals surface area contributed by atoms with Crippen LogP contribution in [0, 0.1) is 6.92 Å². The smallest absolute Gasteiger partial charge is 0.262 e. The monoisotopic (exact) mass is 671 g/mol. The van der Waals surface area contributed by atoms with Crippen molar-refractivity contribution < 1.29 is 17.9 Å². The third-order valence-electron chi connectivity index (χ3n) is 7.74. The molecule has 1 N–H and O–H groups in total. The molecule has 0 saturated heterocycles. The van der Waals surface area contributed by atoms with E-state index in [2.05, 4.69) is 9.62 Å². The second kappa shape index (κ2) is 13.1. The van der Waals surface area contributed by atoms with Crippen LogP contribution in [0.2, 0.25) is 10.0 Å². The molecule has 0 aliphatic carbocycles. The van der Waals surface area contributed by atoms with Gasteiger partial charge in [0.15, 0.2) is 0 Å². The SMILES string of the molecule is CCOc1ccc(N2C(=O)c3cc(S(=O)(=O)Nc4ccc(C)cc4)ccc3N(Cc3ccccc3)[C@@H]2c2ccc(Cl)c(Cl)c2)cc1. The van der Waals surface area contributed by atoms with E-state index in [9.17, 15) is 13.2 Å². The van der Waals surface area contributed by atoms with Gasteiger partial charge in [-0.15, -0.1) is 0 Å². The first-order valence-electron chi connectivity index (χ1n) is 14.7. The highest BCUT2D eigenvalue weighted by Gasteiger charge is 2.40. The molecule has 0 saturated carbocycles. The summed E-state index contributed by atoms with van der Waals surface area (Å²) in [5.74, 6) is 0.297. The number of nitrogens with one attached hydrogen (secondary N) is 1. The minimum atomic E-state index is -4.02. The maximum atomic E-state index is 14.6. The molecule has 6 rings (SSSR count). The van der Waals surface area contributed by atoms with Gasteiger partial charge in [0, 0.05) is 17.9 Å². The number of hydrogen-bond acceptors (Lipinski definition) is 5. The number of hydrogen-bond donors (Lipinski definition) is 1. The van der Waals surface area contributed by atoms with Crippen LogP contribution in [-0.4, -0.2) is 20.9 Å². The van der Waals surface area contributed by atoms with Crippen molar-refractivity contribution in [1.82, 2.24) is 0 Å². The number of anilines is 3. The number of ether oxygens (including phenoxy) is 1. The average molecular weight is 673 g/mol. The Hall–Kier alpha value is -4.50. The van der Waals surface area contributed by atoms with Crippen molar-refractivity contribution in [2.24, 2.45) is 0 Å². The van der Waals surface area contributed by atoms with Crippen molar-refractivity contribution in [2.45, 2.75) is 31.5 Å². The Labute approximate surface area is 279 Å². The Morgan fingerprint density at radius 2 is 1.54 bits per heavy atom. The molecule has 1 atom stereocenters. The molecule has 234 valence electrons. The molecule has 5 aromatic carbocycles. The molecule has 1 aliphatic rings. The molecule has 0 unspecified atom stereocenters. The summed E-state index contributed by atoms with van der Waals surface area (Å²) in [5, 5.41) is 0.749. The van der Waals surface area contributed by atoms with Gasteiger partial charge in [-0.05, 0) is 91.7 Å². The van der Waals surface area contributed by atoms with E-state index in [4.69, 9.17) is 27.9 Å². The van der Waals surface area contributed by atoms with Crippen LogP contribution in [0.25, 0.3) is 0 Å². The largest absolute Gasteiger partial charge is 0.494 e. The van der Waals surface area contributed by atoms with Gasteiger partial charge < -0.3 is 9.64 Å². The van der Waals surface area contributed by atoms with Crippen LogP contribution in [0.15, 0.2) is 120 Å². The molecular formula is C36H31Cl2N3O4S. The molecule has 1 heterocycles. The van der Waals surface area contributed by atoms with Crippen LogP contribution >= 0.6 is 23.2 Å². The Bertz CT molecular complexity index is 1990. The van der Waals surface area contributed by atoms with Gasteiger partial charge in [-0.1, -0.05) is 77.3 Å². The fourth-order valence-corrected chi connectivity index (χ4v) is 6.92. The summed E-state index contributed by atoms with van der Waals surface area (Å²) >= 11 is 12.8. The number of halogens is 2. The summed E-state index contributed by atoms with van der Waals surface area (Å²) in [6.07, 6.45) is -0.652. The predicted molar refractivity (Wildman–Crippen MR) is 185 cm³/mol. The standard InChI is InChI=1S/C36H31Cl2N3O4S/c1-3-45-29-16-14-28(15-17-29)41-35(26-11-19-32(37)33(38)21-26)40(23-25-7-5-4-6-8-25)34-20-18-30(22-31(34)36(41)42)46(43,44)39-27-12-9-24(2)10-13-27/h4-22,35,39H,3,23H2,1-2H3/t35-/m0/s1. The highest BCUT2D eigenvalue weighted by molar-refractivity contribution is 7.92. The Kier molecular flexibility index (Phi) is 8.95. The van der Waals surface area contributed by atoms with E-state index in [1.165, 1.54) is 12.1 Å². The van der Waals surface area contributed by atoms with Crippen LogP contribution in [-0.2, 0) is 16.6 Å². The maximum Gasteiger partial charge on any atom is 0.262 e. The first-order chi connectivity index (χ1) is 22.1. The number of rotatable bonds is 9. The molecule has 1 aliphatic heterocycles. The van der Waals surface area contributed by atoms with Gasteiger partial charge in [0.25, 0.3) is 15.9 Å². The van der Waals surface area contributed by atoms with E-state index in [1.54, 1.807) is 47.4 Å². The zero-order valence-electron chi connectivity index (χ0n) is 25.2. The molecule has 0 radical (unpaired) electrons. The highest BCUT2D eigenvalue weighted by Crippen LogP contribution is 2.44. The van der Waals surface area contributed by atoms with E-state index in [-0.39, 0.29) is 16.4 Å². The Morgan fingerprint density at radius 3 is 2.22 bits per heavy atom. The Morgan fingerprint density at radius 1 is 0.826 bits per heavy atom. The minimum absolute atomic E-state index is 0.0283. The van der Waals surface area contributed by atoms with Crippen molar-refractivity contribution in [3.8, 4) is 5.75 Å². The summed E-state index contributed by atoms with van der Waals surface area (Å²) < 4.78 is 35.4. The van der Waals surface area contributed by atoms with Crippen molar-refractivity contribution in [2.75, 3.05) is 21.1 Å². The lowest BCUT2D eigenvalue weighted by Gasteiger charge is -2.46. The van der Waals surface area contributed by atoms with Gasteiger partial charge in [0.2, 0.25) is 0 Å². The summed E-state index contributed by atoms with van der Waals surface area (Å²) in [7, 11) is -4.02. The highest BCUT2D eigenvalue weighted by atomic mass is 35.5. The lowest BCUT2D eigenvalue weighted by Crippen LogP contribution is -2.49. The second-order valence-electron chi connectivity index (χ2n) is 10.9. The third kappa shape index (κ3) is 6.42. The van der Waals surface area contributed by atoms with Crippen molar-refractivity contribution in [3.63, 3.8) is 0 Å². The number of nitrogens with zero attached hydrogens (tertiary/aromatic N) is 2. The van der Waals surface area contributed by atoms with E-state index in [1.807, 2.05) is 74.5 Å². The number of fused-ring (bicyclic) bond motifs is 1. The molecule has 7 nitrogen and oxygen atoms in total. The summed E-state index contributed by atoms with van der Waals surface area (Å²) in [6.45, 7) is 4.74. The quantitative estimate of drug-likeness (QED) is 0.169. The van der Waals surface area contributed by atoms with Crippen LogP contribution in [0.1, 0.15) is 40.1 Å². The Balaban J connectivity index is 1.52. The van der Waals surface area contributed by atoms with Gasteiger partial charge in [-0.25, -0.2) is 8.42 Å². The molecule has 46 heavy (non-hydrogen) atoms. The predicted octanol–water partition coefficient (Wildman–Crippen LogP) is 8.87. The number of amides is 1. The van der Waals surface area contributed by atoms with E-state index < -0.39 is 16.2 Å². The molecule has 0 aromatic heterocycles. The van der Waals surface area contributed by atoms with E-state index in [0.29, 0.717) is 46.0 Å². The van der Waals surface area contributed by atoms with Crippen molar-refractivity contribution >= 4 is 56.2 Å². The number of sulfonamides is 1. The van der Waals surface area contributed by atoms with Crippen LogP contribution < -0.4 is 19.3 Å². The van der Waals surface area contributed by atoms with Gasteiger partial charge in [-0.2, -0.15) is 0 Å². The average Bonchev–Trinajstić information content (AvgIpc) is 3.05. The van der Waals surface area contributed by atoms with E-state index >= 15 is 0 Å². The van der Waals surface area contributed by atoms with Crippen molar-refractivity contribution in [3.05, 3.63) is 148 Å². The zero-order valence-corrected chi connectivity index (χ0v) is 27.5. The molecular weight excluding hydrogens is 641 g/mol. The number of carbonyl (C=O) groups excluding carboxylic acids is 1. The summed E-state index contributed by atoms with van der Waals surface area (Å²) in [5.41, 5.74) is 4.59. The zero-order chi connectivity index (χ0) is 32.4. The fourth-order valence-electron chi connectivity index (χ4n) is 5.53. The number of aryl methyl sites for hydroxylation is 1. The molecule has 0 fully saturated rings. The lowest BCUT2D eigenvalue weighted by molar-refractivity contribution is 0.0968. The molecule has 0 spiro atoms. The van der Waals surface area contributed by atoms with Crippen molar-refractivity contribution in [1.29, 1.82) is 0 Å². The molecule has 0 bridgehead atoms. The molecule has 10 heteroatoms. The van der Waals surface area contributed by atoms with Gasteiger partial charge in [-0.3, -0.25) is 14.4 Å². The molecule has 1 amide bonds. The summed E-state index contributed by atoms with van der Waals surface area (Å²) in [4.78, 5) is 18.3.